The van der Waals surface area contributed by atoms with Crippen LogP contribution < -0.4 is 0 Å². The van der Waals surface area contributed by atoms with Gasteiger partial charge in [0.05, 0.1) is 6.61 Å². The van der Waals surface area contributed by atoms with Crippen LogP contribution in [0, 0.1) is 0 Å². The first kappa shape index (κ1) is 13.0. The van der Waals surface area contributed by atoms with Gasteiger partial charge in [-0.25, -0.2) is 0 Å². The molecule has 0 unspecified atom stereocenters. The normalized spacial score (nSPS) is 15.1. The van der Waals surface area contributed by atoms with E-state index in [1.54, 1.807) is 0 Å². The van der Waals surface area contributed by atoms with E-state index in [1.165, 1.54) is 0 Å². The molecule has 1 aliphatic carbocycles. The Hall–Kier alpha value is -1.02. The van der Waals surface area contributed by atoms with Gasteiger partial charge in [-0.3, -0.25) is 0 Å². The fourth-order valence-electron chi connectivity index (χ4n) is 1.68. The molecule has 0 aromatic carbocycles. The third-order valence-electron chi connectivity index (χ3n) is 2.74. The molecule has 0 spiro atoms. The minimum atomic E-state index is 0.812. The van der Waals surface area contributed by atoms with Gasteiger partial charge in [-0.2, -0.15) is 0 Å². The van der Waals surface area contributed by atoms with Crippen LogP contribution in [-0.2, 0) is 4.74 Å². The Bertz CT molecular complexity index is 262. The Balaban J connectivity index is 2.13. The molecule has 16 heavy (non-hydrogen) atoms. The Morgan fingerprint density at radius 2 is 2.06 bits per heavy atom. The van der Waals surface area contributed by atoms with Crippen molar-refractivity contribution in [2.24, 2.45) is 0 Å². The summed E-state index contributed by atoms with van der Waals surface area (Å²) >= 11 is 0. The standard InChI is InChI=1S/C14H23NO/c1-3-15(4-2)12-9-13-16-14-10-7-5-6-8-11-14/h5-7,10-11H,3-4,8-9,12-13H2,1-2H3. The highest BCUT2D eigenvalue weighted by molar-refractivity contribution is 5.21. The lowest BCUT2D eigenvalue weighted by atomic mass is 10.3. The van der Waals surface area contributed by atoms with E-state index in [9.17, 15) is 0 Å². The van der Waals surface area contributed by atoms with Gasteiger partial charge in [0.2, 0.25) is 0 Å². The molecule has 0 aromatic heterocycles. The third-order valence-corrected chi connectivity index (χ3v) is 2.74. The molecular formula is C14H23NO. The number of allylic oxidation sites excluding steroid dienone is 5. The first-order chi connectivity index (χ1) is 7.86. The van der Waals surface area contributed by atoms with E-state index in [1.807, 2.05) is 12.2 Å². The monoisotopic (exact) mass is 221 g/mol. The van der Waals surface area contributed by atoms with Gasteiger partial charge in [0.1, 0.15) is 5.76 Å². The molecule has 0 atom stereocenters. The summed E-state index contributed by atoms with van der Waals surface area (Å²) < 4.78 is 5.71. The summed E-state index contributed by atoms with van der Waals surface area (Å²) in [5, 5.41) is 0. The predicted molar refractivity (Wildman–Crippen MR) is 69.3 cm³/mol. The van der Waals surface area contributed by atoms with Crippen molar-refractivity contribution in [1.29, 1.82) is 0 Å². The molecule has 0 radical (unpaired) electrons. The average Bonchev–Trinajstić information content (AvgIpc) is 2.58. The Kier molecular flexibility index (Phi) is 6.66. The molecule has 2 nitrogen and oxygen atoms in total. The molecule has 0 fully saturated rings. The van der Waals surface area contributed by atoms with Crippen LogP contribution in [0.5, 0.6) is 0 Å². The minimum absolute atomic E-state index is 0.812. The van der Waals surface area contributed by atoms with Gasteiger partial charge in [0, 0.05) is 6.54 Å². The van der Waals surface area contributed by atoms with E-state index in [4.69, 9.17) is 4.74 Å². The zero-order valence-electron chi connectivity index (χ0n) is 10.5. The van der Waals surface area contributed by atoms with Crippen LogP contribution in [0.25, 0.3) is 0 Å². The predicted octanol–water partition coefficient (Wildman–Crippen LogP) is 3.13. The highest BCUT2D eigenvalue weighted by atomic mass is 16.5. The smallest absolute Gasteiger partial charge is 0.115 e. The summed E-state index contributed by atoms with van der Waals surface area (Å²) in [4.78, 5) is 2.42. The van der Waals surface area contributed by atoms with Crippen molar-refractivity contribution < 1.29 is 4.74 Å². The minimum Gasteiger partial charge on any atom is -0.494 e. The molecule has 2 heteroatoms. The van der Waals surface area contributed by atoms with Crippen molar-refractivity contribution in [2.45, 2.75) is 26.7 Å². The molecule has 0 saturated heterocycles. The molecular weight excluding hydrogens is 198 g/mol. The van der Waals surface area contributed by atoms with Crippen molar-refractivity contribution in [3.05, 3.63) is 36.1 Å². The molecule has 0 aromatic rings. The fraction of sp³-hybridized carbons (Fsp3) is 0.571. The lowest BCUT2D eigenvalue weighted by Crippen LogP contribution is -2.24. The Morgan fingerprint density at radius 3 is 2.81 bits per heavy atom. The maximum absolute atomic E-state index is 5.71. The molecule has 90 valence electrons. The maximum Gasteiger partial charge on any atom is 0.115 e. The number of ether oxygens (including phenoxy) is 1. The summed E-state index contributed by atoms with van der Waals surface area (Å²) in [6.45, 7) is 8.60. The zero-order chi connectivity index (χ0) is 11.6. The van der Waals surface area contributed by atoms with Crippen LogP contribution in [0.15, 0.2) is 36.1 Å². The van der Waals surface area contributed by atoms with Gasteiger partial charge < -0.3 is 9.64 Å². The largest absolute Gasteiger partial charge is 0.494 e. The van der Waals surface area contributed by atoms with Crippen molar-refractivity contribution >= 4 is 0 Å². The summed E-state index contributed by atoms with van der Waals surface area (Å²) in [6.07, 6.45) is 12.4. The first-order valence-electron chi connectivity index (χ1n) is 6.25. The van der Waals surface area contributed by atoms with Crippen molar-refractivity contribution in [2.75, 3.05) is 26.2 Å². The van der Waals surface area contributed by atoms with Crippen molar-refractivity contribution in [3.8, 4) is 0 Å². The second kappa shape index (κ2) is 8.17. The Morgan fingerprint density at radius 1 is 1.25 bits per heavy atom. The van der Waals surface area contributed by atoms with Gasteiger partial charge in [0.15, 0.2) is 0 Å². The van der Waals surface area contributed by atoms with Crippen LogP contribution in [0.1, 0.15) is 26.7 Å². The van der Waals surface area contributed by atoms with Gasteiger partial charge in [-0.1, -0.05) is 32.1 Å². The van der Waals surface area contributed by atoms with E-state index in [0.29, 0.717) is 0 Å². The Labute approximate surface area is 99.3 Å². The zero-order valence-corrected chi connectivity index (χ0v) is 10.5. The van der Waals surface area contributed by atoms with E-state index in [2.05, 4.69) is 37.0 Å². The number of hydrogen-bond donors (Lipinski definition) is 0. The maximum atomic E-state index is 5.71. The van der Waals surface area contributed by atoms with Crippen LogP contribution in [-0.4, -0.2) is 31.1 Å². The molecule has 0 heterocycles. The first-order valence-corrected chi connectivity index (χ1v) is 6.25. The SMILES string of the molecule is CCN(CC)CCCOC1=CCC=CC=C1. The molecule has 0 N–H and O–H groups in total. The fourth-order valence-corrected chi connectivity index (χ4v) is 1.68. The highest BCUT2D eigenvalue weighted by Crippen LogP contribution is 2.07. The van der Waals surface area contributed by atoms with Crippen LogP contribution in [0.3, 0.4) is 0 Å². The summed E-state index contributed by atoms with van der Waals surface area (Å²) in [5.41, 5.74) is 0. The van der Waals surface area contributed by atoms with Crippen LogP contribution in [0.4, 0.5) is 0 Å². The quantitative estimate of drug-likeness (QED) is 0.612. The summed E-state index contributed by atoms with van der Waals surface area (Å²) in [6, 6.07) is 0. The van der Waals surface area contributed by atoms with Crippen LogP contribution >= 0.6 is 0 Å². The van der Waals surface area contributed by atoms with E-state index < -0.39 is 0 Å². The lowest BCUT2D eigenvalue weighted by molar-refractivity contribution is 0.195. The average molecular weight is 221 g/mol. The second-order valence-electron chi connectivity index (χ2n) is 3.86. The molecule has 0 bridgehead atoms. The van der Waals surface area contributed by atoms with Gasteiger partial charge in [0.25, 0.3) is 0 Å². The molecule has 0 saturated carbocycles. The second-order valence-corrected chi connectivity index (χ2v) is 3.86. The molecule has 1 rings (SSSR count). The number of hydrogen-bond acceptors (Lipinski definition) is 2. The summed E-state index contributed by atoms with van der Waals surface area (Å²) in [5.74, 6) is 1.00. The topological polar surface area (TPSA) is 12.5 Å². The molecule has 0 aliphatic heterocycles. The van der Waals surface area contributed by atoms with E-state index in [-0.39, 0.29) is 0 Å². The van der Waals surface area contributed by atoms with Crippen molar-refractivity contribution in [1.82, 2.24) is 4.90 Å². The lowest BCUT2D eigenvalue weighted by Gasteiger charge is -2.17. The third kappa shape index (κ3) is 5.17. The van der Waals surface area contributed by atoms with E-state index >= 15 is 0 Å². The number of nitrogens with zero attached hydrogens (tertiary/aromatic N) is 1. The van der Waals surface area contributed by atoms with Gasteiger partial charge >= 0.3 is 0 Å². The highest BCUT2D eigenvalue weighted by Gasteiger charge is 1.99. The van der Waals surface area contributed by atoms with Gasteiger partial charge in [-0.15, -0.1) is 0 Å². The van der Waals surface area contributed by atoms with Crippen LogP contribution in [0.2, 0.25) is 0 Å². The molecule has 1 aliphatic rings. The number of rotatable bonds is 7. The molecule has 0 amide bonds. The van der Waals surface area contributed by atoms with Gasteiger partial charge in [-0.05, 0) is 38.1 Å². The van der Waals surface area contributed by atoms with Crippen molar-refractivity contribution in [3.63, 3.8) is 0 Å². The summed E-state index contributed by atoms with van der Waals surface area (Å²) in [7, 11) is 0. The van der Waals surface area contributed by atoms with E-state index in [0.717, 1.165) is 44.8 Å².